The summed E-state index contributed by atoms with van der Waals surface area (Å²) in [5.41, 5.74) is 1.37. The largest absolute Gasteiger partial charge is 0.454 e. The van der Waals surface area contributed by atoms with Crippen LogP contribution < -0.4 is 19.5 Å². The van der Waals surface area contributed by atoms with Crippen LogP contribution in [-0.4, -0.2) is 26.1 Å². The number of hydrogen-bond donors (Lipinski definition) is 2. The number of carbonyl (C=O) groups is 1. The molecule has 2 N–H and O–H groups in total. The van der Waals surface area contributed by atoms with Crippen LogP contribution in [0.15, 0.2) is 70.9 Å². The zero-order chi connectivity index (χ0) is 22.8. The molecule has 33 heavy (non-hydrogen) atoms. The Morgan fingerprint density at radius 2 is 1.85 bits per heavy atom. The van der Waals surface area contributed by atoms with Gasteiger partial charge in [0, 0.05) is 17.3 Å². The van der Waals surface area contributed by atoms with E-state index in [0.29, 0.717) is 29.1 Å². The van der Waals surface area contributed by atoms with Crippen molar-refractivity contribution in [2.24, 2.45) is 0 Å². The fraction of sp³-hybridized carbons (Fsp3) is 0.130. The molecule has 8 nitrogen and oxygen atoms in total. The van der Waals surface area contributed by atoms with E-state index >= 15 is 0 Å². The maximum absolute atomic E-state index is 12.9. The number of nitrogens with one attached hydrogen (secondary N) is 2. The van der Waals surface area contributed by atoms with E-state index in [1.165, 1.54) is 0 Å². The Balaban J connectivity index is 1.22. The monoisotopic (exact) mass is 481 g/mol. The van der Waals surface area contributed by atoms with Crippen LogP contribution in [-0.2, 0) is 27.8 Å². The van der Waals surface area contributed by atoms with E-state index in [0.717, 1.165) is 22.3 Å². The minimum absolute atomic E-state index is 0.0387. The minimum atomic E-state index is -3.83. The van der Waals surface area contributed by atoms with Gasteiger partial charge in [0.25, 0.3) is 10.0 Å². The van der Waals surface area contributed by atoms with Gasteiger partial charge in [0.2, 0.25) is 12.7 Å². The number of rotatable bonds is 7. The van der Waals surface area contributed by atoms with Crippen LogP contribution in [0, 0.1) is 0 Å². The van der Waals surface area contributed by atoms with Gasteiger partial charge in [-0.25, -0.2) is 13.4 Å². The fourth-order valence-electron chi connectivity index (χ4n) is 3.51. The lowest BCUT2D eigenvalue weighted by Gasteiger charge is -2.08. The summed E-state index contributed by atoms with van der Waals surface area (Å²) in [5, 5.41) is 6.17. The molecule has 2 heterocycles. The zero-order valence-electron chi connectivity index (χ0n) is 17.3. The molecule has 0 bridgehead atoms. The fourth-order valence-corrected chi connectivity index (χ4v) is 5.71. The molecule has 10 heteroatoms. The Kier molecular flexibility index (Phi) is 5.61. The second kappa shape index (κ2) is 8.72. The lowest BCUT2D eigenvalue weighted by Crippen LogP contribution is -2.24. The molecular weight excluding hydrogens is 462 g/mol. The summed E-state index contributed by atoms with van der Waals surface area (Å²) in [7, 11) is -3.83. The third-order valence-electron chi connectivity index (χ3n) is 5.08. The van der Waals surface area contributed by atoms with Gasteiger partial charge in [0.15, 0.2) is 16.6 Å². The van der Waals surface area contributed by atoms with Crippen molar-refractivity contribution in [1.29, 1.82) is 0 Å². The van der Waals surface area contributed by atoms with Crippen molar-refractivity contribution < 1.29 is 22.7 Å². The molecule has 0 atom stereocenters. The van der Waals surface area contributed by atoms with Gasteiger partial charge in [-0.2, -0.15) is 0 Å². The van der Waals surface area contributed by atoms with E-state index in [9.17, 15) is 13.2 Å². The van der Waals surface area contributed by atoms with Crippen LogP contribution in [0.2, 0.25) is 0 Å². The summed E-state index contributed by atoms with van der Waals surface area (Å²) in [5.74, 6) is 1.12. The summed E-state index contributed by atoms with van der Waals surface area (Å²) < 4.78 is 39.0. The van der Waals surface area contributed by atoms with Gasteiger partial charge in [0.1, 0.15) is 0 Å². The first kappa shape index (κ1) is 21.2. The van der Waals surface area contributed by atoms with Crippen LogP contribution >= 0.6 is 11.3 Å². The second-order valence-corrected chi connectivity index (χ2v) is 9.88. The Bertz CT molecular complexity index is 1440. The van der Waals surface area contributed by atoms with Gasteiger partial charge < -0.3 is 14.8 Å². The first-order valence-electron chi connectivity index (χ1n) is 10.1. The smallest absolute Gasteiger partial charge is 0.264 e. The van der Waals surface area contributed by atoms with Crippen molar-refractivity contribution >= 4 is 43.2 Å². The van der Waals surface area contributed by atoms with Gasteiger partial charge in [0.05, 0.1) is 17.0 Å². The van der Waals surface area contributed by atoms with E-state index in [-0.39, 0.29) is 29.1 Å². The molecule has 168 valence electrons. The number of amides is 1. The molecule has 1 amide bonds. The molecule has 5 rings (SSSR count). The van der Waals surface area contributed by atoms with Crippen molar-refractivity contribution in [3.05, 3.63) is 77.3 Å². The van der Waals surface area contributed by atoms with E-state index in [4.69, 9.17) is 9.47 Å². The summed E-state index contributed by atoms with van der Waals surface area (Å²) >= 11 is 1.13. The maximum Gasteiger partial charge on any atom is 0.264 e. The molecule has 4 aromatic rings. The molecule has 1 aliphatic rings. The molecule has 0 radical (unpaired) electrons. The molecule has 0 aliphatic carbocycles. The highest BCUT2D eigenvalue weighted by atomic mass is 32.2. The number of thiazole rings is 1. The summed E-state index contributed by atoms with van der Waals surface area (Å²) in [6, 6.07) is 17.9. The van der Waals surface area contributed by atoms with Gasteiger partial charge in [-0.05, 0) is 29.1 Å². The predicted molar refractivity (Wildman–Crippen MR) is 125 cm³/mol. The summed E-state index contributed by atoms with van der Waals surface area (Å²) in [6.45, 7) is 0.529. The third kappa shape index (κ3) is 4.62. The van der Waals surface area contributed by atoms with Crippen molar-refractivity contribution in [2.75, 3.05) is 11.5 Å². The second-order valence-electron chi connectivity index (χ2n) is 7.37. The number of anilines is 1. The SMILES string of the molecule is O=C(Cc1csc(NS(=O)(=O)c2cccc3ccccc23)n1)NCc1ccc2c(c1)OCO2. The first-order valence-corrected chi connectivity index (χ1v) is 12.4. The van der Waals surface area contributed by atoms with E-state index in [1.54, 1.807) is 35.7 Å². The highest BCUT2D eigenvalue weighted by molar-refractivity contribution is 7.93. The van der Waals surface area contributed by atoms with Gasteiger partial charge >= 0.3 is 0 Å². The lowest BCUT2D eigenvalue weighted by atomic mass is 10.1. The van der Waals surface area contributed by atoms with Crippen LogP contribution in [0.1, 0.15) is 11.3 Å². The first-order chi connectivity index (χ1) is 16.0. The quantitative estimate of drug-likeness (QED) is 0.417. The van der Waals surface area contributed by atoms with Gasteiger partial charge in [-0.3, -0.25) is 9.52 Å². The number of aromatic nitrogens is 1. The van der Waals surface area contributed by atoms with Crippen molar-refractivity contribution in [3.63, 3.8) is 0 Å². The highest BCUT2D eigenvalue weighted by Crippen LogP contribution is 2.32. The zero-order valence-corrected chi connectivity index (χ0v) is 18.9. The molecule has 0 saturated carbocycles. The highest BCUT2D eigenvalue weighted by Gasteiger charge is 2.19. The van der Waals surface area contributed by atoms with Crippen LogP contribution in [0.5, 0.6) is 11.5 Å². The Hall–Kier alpha value is -3.63. The lowest BCUT2D eigenvalue weighted by molar-refractivity contribution is -0.120. The van der Waals surface area contributed by atoms with Crippen molar-refractivity contribution in [3.8, 4) is 11.5 Å². The van der Waals surface area contributed by atoms with Crippen LogP contribution in [0.25, 0.3) is 10.8 Å². The average Bonchev–Trinajstić information content (AvgIpc) is 3.45. The standard InChI is InChI=1S/C23H19N3O5S2/c27-22(24-12-15-8-9-19-20(10-15)31-14-30-19)11-17-13-32-23(25-17)26-33(28,29)21-7-3-5-16-4-1-2-6-18(16)21/h1-10,13H,11-12,14H2,(H,24,27)(H,25,26). The Labute approximate surface area is 194 Å². The van der Waals surface area contributed by atoms with Crippen LogP contribution in [0.4, 0.5) is 5.13 Å². The minimum Gasteiger partial charge on any atom is -0.454 e. The molecule has 0 spiro atoms. The van der Waals surface area contributed by atoms with Crippen molar-refractivity contribution in [1.82, 2.24) is 10.3 Å². The molecule has 1 aliphatic heterocycles. The van der Waals surface area contributed by atoms with Gasteiger partial charge in [-0.1, -0.05) is 42.5 Å². The molecule has 0 saturated heterocycles. The average molecular weight is 482 g/mol. The third-order valence-corrected chi connectivity index (χ3v) is 7.41. The Morgan fingerprint density at radius 1 is 1.03 bits per heavy atom. The molecule has 0 unspecified atom stereocenters. The number of hydrogen-bond acceptors (Lipinski definition) is 7. The van der Waals surface area contributed by atoms with Crippen LogP contribution in [0.3, 0.4) is 0 Å². The number of benzene rings is 3. The molecule has 1 aromatic heterocycles. The molecule has 0 fully saturated rings. The number of nitrogens with zero attached hydrogens (tertiary/aromatic N) is 1. The van der Waals surface area contributed by atoms with E-state index < -0.39 is 10.0 Å². The van der Waals surface area contributed by atoms with Gasteiger partial charge in [-0.15, -0.1) is 11.3 Å². The number of fused-ring (bicyclic) bond motifs is 2. The Morgan fingerprint density at radius 3 is 2.76 bits per heavy atom. The summed E-state index contributed by atoms with van der Waals surface area (Å²) in [4.78, 5) is 16.8. The predicted octanol–water partition coefficient (Wildman–Crippen LogP) is 3.68. The topological polar surface area (TPSA) is 107 Å². The maximum atomic E-state index is 12.9. The van der Waals surface area contributed by atoms with E-state index in [1.807, 2.05) is 30.3 Å². The molecular formula is C23H19N3O5S2. The summed E-state index contributed by atoms with van der Waals surface area (Å²) in [6.07, 6.45) is 0.0387. The molecule has 3 aromatic carbocycles. The van der Waals surface area contributed by atoms with E-state index in [2.05, 4.69) is 15.0 Å². The number of ether oxygens (including phenoxy) is 2. The van der Waals surface area contributed by atoms with Crippen molar-refractivity contribution in [2.45, 2.75) is 17.9 Å². The normalized spacial score (nSPS) is 12.6. The number of sulfonamides is 1. The number of carbonyl (C=O) groups excluding carboxylic acids is 1.